The van der Waals surface area contributed by atoms with Gasteiger partial charge >= 0.3 is 0 Å². The molecule has 0 aromatic heterocycles. The van der Waals surface area contributed by atoms with Gasteiger partial charge in [0, 0.05) is 31.7 Å². The Morgan fingerprint density at radius 1 is 1.25 bits per heavy atom. The molecule has 1 fully saturated rings. The summed E-state index contributed by atoms with van der Waals surface area (Å²) in [5, 5.41) is 3.21. The van der Waals surface area contributed by atoms with E-state index >= 15 is 0 Å². The van der Waals surface area contributed by atoms with Crippen LogP contribution in [0.3, 0.4) is 0 Å². The number of hydrogen-bond donors (Lipinski definition) is 1. The Bertz CT molecular complexity index is 362. The number of anilines is 1. The quantitative estimate of drug-likeness (QED) is 0.809. The monoisotopic (exact) mass is 220 g/mol. The van der Waals surface area contributed by atoms with E-state index in [-0.39, 0.29) is 5.91 Å². The first-order valence-electron chi connectivity index (χ1n) is 5.46. The second kappa shape index (κ2) is 4.99. The SMILES string of the molecule is COc1ccc(N2CCNCCC2=O)cc1. The first kappa shape index (κ1) is 11.0. The van der Waals surface area contributed by atoms with Crippen LogP contribution in [0.5, 0.6) is 5.75 Å². The third kappa shape index (κ3) is 2.33. The van der Waals surface area contributed by atoms with Gasteiger partial charge in [0.15, 0.2) is 0 Å². The van der Waals surface area contributed by atoms with Crippen molar-refractivity contribution in [1.29, 1.82) is 0 Å². The van der Waals surface area contributed by atoms with Crippen LogP contribution in [0.25, 0.3) is 0 Å². The number of nitrogens with zero attached hydrogens (tertiary/aromatic N) is 1. The van der Waals surface area contributed by atoms with E-state index in [1.165, 1.54) is 0 Å². The average Bonchev–Trinajstić information content (AvgIpc) is 2.54. The smallest absolute Gasteiger partial charge is 0.228 e. The first-order valence-corrected chi connectivity index (χ1v) is 5.46. The zero-order chi connectivity index (χ0) is 11.4. The summed E-state index contributed by atoms with van der Waals surface area (Å²) in [6.45, 7) is 2.34. The number of rotatable bonds is 2. The minimum absolute atomic E-state index is 0.176. The van der Waals surface area contributed by atoms with Gasteiger partial charge in [-0.2, -0.15) is 0 Å². The fraction of sp³-hybridized carbons (Fsp3) is 0.417. The summed E-state index contributed by atoms with van der Waals surface area (Å²) in [4.78, 5) is 13.6. The van der Waals surface area contributed by atoms with Gasteiger partial charge in [0.2, 0.25) is 5.91 Å². The number of ether oxygens (including phenoxy) is 1. The molecule has 1 aromatic carbocycles. The summed E-state index contributed by atoms with van der Waals surface area (Å²) < 4.78 is 5.09. The van der Waals surface area contributed by atoms with Crippen LogP contribution in [0.2, 0.25) is 0 Å². The van der Waals surface area contributed by atoms with E-state index in [1.54, 1.807) is 7.11 Å². The van der Waals surface area contributed by atoms with E-state index in [4.69, 9.17) is 4.74 Å². The van der Waals surface area contributed by atoms with Gasteiger partial charge in [0.1, 0.15) is 5.75 Å². The van der Waals surface area contributed by atoms with Gasteiger partial charge in [0.05, 0.1) is 7.11 Å². The van der Waals surface area contributed by atoms with Crippen LogP contribution < -0.4 is 15.0 Å². The number of carbonyl (C=O) groups excluding carboxylic acids is 1. The van der Waals surface area contributed by atoms with E-state index < -0.39 is 0 Å². The summed E-state index contributed by atoms with van der Waals surface area (Å²) in [7, 11) is 1.63. The summed E-state index contributed by atoms with van der Waals surface area (Å²) in [6.07, 6.45) is 0.562. The van der Waals surface area contributed by atoms with Crippen molar-refractivity contribution < 1.29 is 9.53 Å². The van der Waals surface area contributed by atoms with Crippen molar-refractivity contribution in [1.82, 2.24) is 5.32 Å². The summed E-state index contributed by atoms with van der Waals surface area (Å²) in [6, 6.07) is 7.59. The van der Waals surface area contributed by atoms with Gasteiger partial charge in [-0.15, -0.1) is 0 Å². The fourth-order valence-corrected chi connectivity index (χ4v) is 1.81. The van der Waals surface area contributed by atoms with Gasteiger partial charge in [-0.1, -0.05) is 0 Å². The van der Waals surface area contributed by atoms with Gasteiger partial charge in [-0.3, -0.25) is 4.79 Å². The van der Waals surface area contributed by atoms with Crippen LogP contribution in [0.4, 0.5) is 5.69 Å². The number of hydrogen-bond acceptors (Lipinski definition) is 3. The molecule has 1 aliphatic heterocycles. The number of amides is 1. The first-order chi connectivity index (χ1) is 7.81. The topological polar surface area (TPSA) is 41.6 Å². The van der Waals surface area contributed by atoms with Crippen LogP contribution >= 0.6 is 0 Å². The minimum atomic E-state index is 0.176. The van der Waals surface area contributed by atoms with Crippen molar-refractivity contribution in [2.45, 2.75) is 6.42 Å². The molecule has 4 heteroatoms. The van der Waals surface area contributed by atoms with Crippen LogP contribution in [0.15, 0.2) is 24.3 Å². The van der Waals surface area contributed by atoms with Gasteiger partial charge in [-0.25, -0.2) is 0 Å². The summed E-state index contributed by atoms with van der Waals surface area (Å²) in [5.74, 6) is 0.985. The molecule has 1 aliphatic rings. The molecule has 0 saturated carbocycles. The molecule has 86 valence electrons. The maximum absolute atomic E-state index is 11.8. The molecule has 1 amide bonds. The standard InChI is InChI=1S/C12H16N2O2/c1-16-11-4-2-10(3-5-11)14-9-8-13-7-6-12(14)15/h2-5,13H,6-9H2,1H3. The molecular formula is C12H16N2O2. The van der Waals surface area contributed by atoms with Gasteiger partial charge in [0.25, 0.3) is 0 Å². The Balaban J connectivity index is 2.17. The Hall–Kier alpha value is -1.55. The second-order valence-electron chi connectivity index (χ2n) is 3.74. The molecule has 4 nitrogen and oxygen atoms in total. The van der Waals surface area contributed by atoms with Crippen molar-refractivity contribution >= 4 is 11.6 Å². The fourth-order valence-electron chi connectivity index (χ4n) is 1.81. The van der Waals surface area contributed by atoms with Crippen LogP contribution in [0, 0.1) is 0 Å². The Labute approximate surface area is 95.2 Å². The Kier molecular flexibility index (Phi) is 3.41. The maximum atomic E-state index is 11.8. The minimum Gasteiger partial charge on any atom is -0.497 e. The third-order valence-electron chi connectivity index (χ3n) is 2.71. The lowest BCUT2D eigenvalue weighted by Gasteiger charge is -2.20. The largest absolute Gasteiger partial charge is 0.497 e. The molecule has 1 aromatic rings. The summed E-state index contributed by atoms with van der Waals surface area (Å²) >= 11 is 0. The molecule has 0 unspecified atom stereocenters. The molecule has 0 bridgehead atoms. The number of benzene rings is 1. The molecule has 2 rings (SSSR count). The predicted octanol–water partition coefficient (Wildman–Crippen LogP) is 1.02. The highest BCUT2D eigenvalue weighted by atomic mass is 16.5. The van der Waals surface area contributed by atoms with E-state index in [0.717, 1.165) is 31.1 Å². The van der Waals surface area contributed by atoms with E-state index in [9.17, 15) is 4.79 Å². The van der Waals surface area contributed by atoms with Crippen molar-refractivity contribution in [2.24, 2.45) is 0 Å². The molecule has 16 heavy (non-hydrogen) atoms. The highest BCUT2D eigenvalue weighted by Gasteiger charge is 2.17. The van der Waals surface area contributed by atoms with Gasteiger partial charge < -0.3 is 15.0 Å². The number of nitrogens with one attached hydrogen (secondary N) is 1. The van der Waals surface area contributed by atoms with Crippen LogP contribution in [-0.4, -0.2) is 32.7 Å². The highest BCUT2D eigenvalue weighted by Crippen LogP contribution is 2.20. The third-order valence-corrected chi connectivity index (χ3v) is 2.71. The predicted molar refractivity (Wildman–Crippen MR) is 62.8 cm³/mol. The van der Waals surface area contributed by atoms with Crippen molar-refractivity contribution in [3.05, 3.63) is 24.3 Å². The number of carbonyl (C=O) groups is 1. The molecular weight excluding hydrogens is 204 g/mol. The van der Waals surface area contributed by atoms with Gasteiger partial charge in [-0.05, 0) is 24.3 Å². The number of methoxy groups -OCH3 is 1. The molecule has 0 spiro atoms. The lowest BCUT2D eigenvalue weighted by atomic mass is 10.2. The molecule has 1 saturated heterocycles. The summed E-state index contributed by atoms with van der Waals surface area (Å²) in [5.41, 5.74) is 0.939. The lowest BCUT2D eigenvalue weighted by Crippen LogP contribution is -2.32. The lowest BCUT2D eigenvalue weighted by molar-refractivity contribution is -0.118. The van der Waals surface area contributed by atoms with E-state index in [0.29, 0.717) is 6.42 Å². The molecule has 0 radical (unpaired) electrons. The normalized spacial score (nSPS) is 17.1. The highest BCUT2D eigenvalue weighted by molar-refractivity contribution is 5.93. The van der Waals surface area contributed by atoms with Crippen LogP contribution in [0.1, 0.15) is 6.42 Å². The van der Waals surface area contributed by atoms with Crippen LogP contribution in [-0.2, 0) is 4.79 Å². The molecule has 1 heterocycles. The van der Waals surface area contributed by atoms with Crippen molar-refractivity contribution in [3.8, 4) is 5.75 Å². The Morgan fingerprint density at radius 3 is 2.69 bits per heavy atom. The van der Waals surface area contributed by atoms with Crippen molar-refractivity contribution in [3.63, 3.8) is 0 Å². The zero-order valence-corrected chi connectivity index (χ0v) is 9.40. The second-order valence-corrected chi connectivity index (χ2v) is 3.74. The molecule has 0 aliphatic carbocycles. The van der Waals surface area contributed by atoms with E-state index in [2.05, 4.69) is 5.32 Å². The Morgan fingerprint density at radius 2 is 2.00 bits per heavy atom. The average molecular weight is 220 g/mol. The molecule has 1 N–H and O–H groups in total. The molecule has 0 atom stereocenters. The van der Waals surface area contributed by atoms with E-state index in [1.807, 2.05) is 29.2 Å². The zero-order valence-electron chi connectivity index (χ0n) is 9.40. The maximum Gasteiger partial charge on any atom is 0.228 e. The van der Waals surface area contributed by atoms with Crippen molar-refractivity contribution in [2.75, 3.05) is 31.6 Å².